The van der Waals surface area contributed by atoms with Crippen LogP contribution >= 0.6 is 15.9 Å². The van der Waals surface area contributed by atoms with Crippen LogP contribution in [-0.2, 0) is 0 Å². The maximum absolute atomic E-state index is 8.95. The molecule has 1 aliphatic carbocycles. The molecule has 1 fully saturated rings. The van der Waals surface area contributed by atoms with Gasteiger partial charge >= 0.3 is 0 Å². The molecule has 1 N–H and O–H groups in total. The van der Waals surface area contributed by atoms with Gasteiger partial charge in [0.25, 0.3) is 0 Å². The summed E-state index contributed by atoms with van der Waals surface area (Å²) >= 11 is 3.59. The second-order valence-electron chi connectivity index (χ2n) is 6.55. The second kappa shape index (κ2) is 6.90. The lowest BCUT2D eigenvalue weighted by Gasteiger charge is -2.31. The lowest BCUT2D eigenvalue weighted by Crippen LogP contribution is -2.31. The fraction of sp³-hybridized carbons (Fsp3) is 0.529. The molecule has 0 bridgehead atoms. The average molecular weight is 377 g/mol. The van der Waals surface area contributed by atoms with Gasteiger partial charge in [-0.25, -0.2) is 4.98 Å². The van der Waals surface area contributed by atoms with Gasteiger partial charge in [0.15, 0.2) is 5.58 Å². The zero-order valence-corrected chi connectivity index (χ0v) is 15.1. The molecule has 0 atom stereocenters. The first kappa shape index (κ1) is 16.3. The molecule has 3 rings (SSSR count). The largest absolute Gasteiger partial charge is 0.444 e. The fourth-order valence-corrected chi connectivity index (χ4v) is 3.86. The van der Waals surface area contributed by atoms with Crippen LogP contribution in [0.2, 0.25) is 0 Å². The van der Waals surface area contributed by atoms with Crippen LogP contribution < -0.4 is 5.32 Å². The summed E-state index contributed by atoms with van der Waals surface area (Å²) in [6.07, 6.45) is 6.51. The lowest BCUT2D eigenvalue weighted by atomic mass is 9.86. The zero-order chi connectivity index (χ0) is 16.4. The van der Waals surface area contributed by atoms with Crippen molar-refractivity contribution in [2.45, 2.75) is 31.7 Å². The molecule has 0 unspecified atom stereocenters. The van der Waals surface area contributed by atoms with Crippen molar-refractivity contribution in [3.8, 4) is 6.07 Å². The number of pyridine rings is 1. The smallest absolute Gasteiger partial charge is 0.204 e. The van der Waals surface area contributed by atoms with Crippen LogP contribution in [0, 0.1) is 17.2 Å². The third kappa shape index (κ3) is 3.67. The minimum Gasteiger partial charge on any atom is -0.444 e. The Labute approximate surface area is 144 Å². The van der Waals surface area contributed by atoms with E-state index >= 15 is 0 Å². The third-order valence-electron chi connectivity index (χ3n) is 4.44. The first-order valence-corrected chi connectivity index (χ1v) is 8.75. The number of furan rings is 1. The van der Waals surface area contributed by atoms with Crippen molar-refractivity contribution >= 4 is 32.7 Å². The Kier molecular flexibility index (Phi) is 4.88. The van der Waals surface area contributed by atoms with E-state index in [0.717, 1.165) is 21.6 Å². The summed E-state index contributed by atoms with van der Waals surface area (Å²) in [6, 6.07) is 4.23. The van der Waals surface area contributed by atoms with Gasteiger partial charge in [0.05, 0.1) is 10.7 Å². The molecule has 1 saturated carbocycles. The molecule has 0 amide bonds. The SMILES string of the molecule is CN(C)CC1CCC(Nc2ncc3oc(C#N)cc3c2Br)CC1. The quantitative estimate of drug-likeness (QED) is 0.873. The number of nitriles is 1. The normalized spacial score (nSPS) is 21.5. The van der Waals surface area contributed by atoms with E-state index in [1.54, 1.807) is 12.3 Å². The summed E-state index contributed by atoms with van der Waals surface area (Å²) in [6.45, 7) is 1.17. The highest BCUT2D eigenvalue weighted by Crippen LogP contribution is 2.34. The van der Waals surface area contributed by atoms with E-state index in [1.807, 2.05) is 6.07 Å². The summed E-state index contributed by atoms with van der Waals surface area (Å²) in [5.41, 5.74) is 0.633. The predicted molar refractivity (Wildman–Crippen MR) is 94.3 cm³/mol. The van der Waals surface area contributed by atoms with Crippen molar-refractivity contribution in [2.24, 2.45) is 5.92 Å². The maximum Gasteiger partial charge on any atom is 0.204 e. The number of anilines is 1. The van der Waals surface area contributed by atoms with Gasteiger partial charge in [-0.2, -0.15) is 5.26 Å². The van der Waals surface area contributed by atoms with E-state index in [4.69, 9.17) is 9.68 Å². The summed E-state index contributed by atoms with van der Waals surface area (Å²) in [4.78, 5) is 6.72. The first-order valence-electron chi connectivity index (χ1n) is 7.96. The van der Waals surface area contributed by atoms with Gasteiger partial charge in [-0.1, -0.05) is 0 Å². The van der Waals surface area contributed by atoms with Gasteiger partial charge in [-0.05, 0) is 61.6 Å². The van der Waals surface area contributed by atoms with Crippen molar-refractivity contribution < 1.29 is 4.42 Å². The van der Waals surface area contributed by atoms with Gasteiger partial charge in [-0.3, -0.25) is 0 Å². The van der Waals surface area contributed by atoms with Crippen molar-refractivity contribution in [1.29, 1.82) is 5.26 Å². The molecule has 5 nitrogen and oxygen atoms in total. The van der Waals surface area contributed by atoms with E-state index in [9.17, 15) is 0 Å². The number of hydrogen-bond acceptors (Lipinski definition) is 5. The van der Waals surface area contributed by atoms with Crippen LogP contribution in [0.4, 0.5) is 5.82 Å². The highest BCUT2D eigenvalue weighted by atomic mass is 79.9. The minimum absolute atomic E-state index is 0.309. The molecule has 2 heterocycles. The molecule has 0 radical (unpaired) electrons. The topological polar surface area (TPSA) is 65.1 Å². The molecule has 0 saturated heterocycles. The summed E-state index contributed by atoms with van der Waals surface area (Å²) in [5.74, 6) is 1.94. The number of halogens is 1. The molecule has 0 aliphatic heterocycles. The molecule has 23 heavy (non-hydrogen) atoms. The van der Waals surface area contributed by atoms with Gasteiger partial charge < -0.3 is 14.6 Å². The van der Waals surface area contributed by atoms with Crippen LogP contribution in [0.1, 0.15) is 31.4 Å². The summed E-state index contributed by atoms with van der Waals surface area (Å²) < 4.78 is 6.28. The van der Waals surface area contributed by atoms with Gasteiger partial charge in [-0.15, -0.1) is 0 Å². The number of nitrogens with one attached hydrogen (secondary N) is 1. The maximum atomic E-state index is 8.95. The number of fused-ring (bicyclic) bond motifs is 1. The van der Waals surface area contributed by atoms with E-state index < -0.39 is 0 Å². The highest BCUT2D eigenvalue weighted by molar-refractivity contribution is 9.10. The van der Waals surface area contributed by atoms with E-state index in [1.165, 1.54) is 32.2 Å². The Morgan fingerprint density at radius 3 is 2.78 bits per heavy atom. The Bertz CT molecular complexity index is 726. The van der Waals surface area contributed by atoms with Crippen LogP contribution in [0.15, 0.2) is 21.2 Å². The third-order valence-corrected chi connectivity index (χ3v) is 5.24. The first-order chi connectivity index (χ1) is 11.1. The Balaban J connectivity index is 1.68. The Hall–Kier alpha value is -1.58. The second-order valence-corrected chi connectivity index (χ2v) is 7.34. The van der Waals surface area contributed by atoms with Crippen LogP contribution in [0.25, 0.3) is 11.0 Å². The molecule has 2 aromatic heterocycles. The predicted octanol–water partition coefficient (Wildman–Crippen LogP) is 3.99. The Morgan fingerprint density at radius 1 is 1.39 bits per heavy atom. The monoisotopic (exact) mass is 376 g/mol. The van der Waals surface area contributed by atoms with E-state index in [-0.39, 0.29) is 0 Å². The van der Waals surface area contributed by atoms with E-state index in [2.05, 4.69) is 45.2 Å². The Morgan fingerprint density at radius 2 is 2.13 bits per heavy atom. The summed E-state index contributed by atoms with van der Waals surface area (Å²) in [7, 11) is 4.28. The van der Waals surface area contributed by atoms with Crippen LogP contribution in [0.3, 0.4) is 0 Å². The standard InChI is InChI=1S/C17H21BrN4O/c1-22(2)10-11-3-5-12(6-4-11)21-17-16(18)14-7-13(8-19)23-15(14)9-20-17/h7,9,11-12H,3-6,10H2,1-2H3,(H,20,21). The molecule has 0 spiro atoms. The lowest BCUT2D eigenvalue weighted by molar-refractivity contribution is 0.255. The summed E-state index contributed by atoms with van der Waals surface area (Å²) in [5, 5.41) is 13.4. The van der Waals surface area contributed by atoms with E-state index in [0.29, 0.717) is 17.4 Å². The van der Waals surface area contributed by atoms with Gasteiger partial charge in [0, 0.05) is 24.0 Å². The number of hydrogen-bond donors (Lipinski definition) is 1. The van der Waals surface area contributed by atoms with Crippen LogP contribution in [-0.4, -0.2) is 36.6 Å². The van der Waals surface area contributed by atoms with Crippen molar-refractivity contribution in [3.63, 3.8) is 0 Å². The molecule has 1 aliphatic rings. The highest BCUT2D eigenvalue weighted by Gasteiger charge is 2.23. The molecular formula is C17H21BrN4O. The molecular weight excluding hydrogens is 356 g/mol. The molecule has 122 valence electrons. The van der Waals surface area contributed by atoms with Gasteiger partial charge in [0.2, 0.25) is 5.76 Å². The van der Waals surface area contributed by atoms with Crippen molar-refractivity contribution in [2.75, 3.05) is 26.0 Å². The van der Waals surface area contributed by atoms with Gasteiger partial charge in [0.1, 0.15) is 11.9 Å². The molecule has 6 heteroatoms. The number of aromatic nitrogens is 1. The minimum atomic E-state index is 0.309. The molecule has 2 aromatic rings. The zero-order valence-electron chi connectivity index (χ0n) is 13.5. The number of nitrogens with zero attached hydrogens (tertiary/aromatic N) is 3. The number of rotatable bonds is 4. The van der Waals surface area contributed by atoms with Crippen molar-refractivity contribution in [1.82, 2.24) is 9.88 Å². The molecule has 0 aromatic carbocycles. The average Bonchev–Trinajstić information content (AvgIpc) is 2.95. The van der Waals surface area contributed by atoms with Crippen molar-refractivity contribution in [3.05, 3.63) is 22.5 Å². The fourth-order valence-electron chi connectivity index (χ4n) is 3.33. The van der Waals surface area contributed by atoms with Crippen LogP contribution in [0.5, 0.6) is 0 Å².